The maximum absolute atomic E-state index is 14.7. The molecule has 2 N–H and O–H groups in total. The topological polar surface area (TPSA) is 88.5 Å². The van der Waals surface area contributed by atoms with Gasteiger partial charge in [-0.25, -0.2) is 8.78 Å². The second-order valence-corrected chi connectivity index (χ2v) is 9.47. The van der Waals surface area contributed by atoms with Crippen LogP contribution in [0.4, 0.5) is 14.5 Å². The lowest BCUT2D eigenvalue weighted by molar-refractivity contribution is -0.118. The van der Waals surface area contributed by atoms with E-state index < -0.39 is 0 Å². The predicted octanol–water partition coefficient (Wildman–Crippen LogP) is 2.36. The molecule has 1 aromatic carbocycles. The second-order valence-electron chi connectivity index (χ2n) is 9.47. The summed E-state index contributed by atoms with van der Waals surface area (Å²) in [6, 6.07) is 6.30. The Labute approximate surface area is 199 Å². The van der Waals surface area contributed by atoms with Crippen molar-refractivity contribution in [3.05, 3.63) is 63.6 Å². The predicted molar refractivity (Wildman–Crippen MR) is 126 cm³/mol. The van der Waals surface area contributed by atoms with Crippen LogP contribution in [0, 0.1) is 11.6 Å². The Morgan fingerprint density at radius 3 is 2.80 bits per heavy atom. The number of anilines is 1. The molecule has 1 fully saturated rings. The van der Waals surface area contributed by atoms with E-state index in [1.807, 2.05) is 0 Å². The van der Waals surface area contributed by atoms with Crippen LogP contribution in [0.25, 0.3) is 11.0 Å². The number of hydrogen-bond acceptors (Lipinski definition) is 6. The smallest absolute Gasteiger partial charge is 0.262 e. The van der Waals surface area contributed by atoms with Crippen LogP contribution in [0.1, 0.15) is 29.9 Å². The first-order chi connectivity index (χ1) is 17.0. The Kier molecular flexibility index (Phi) is 5.49. The van der Waals surface area contributed by atoms with E-state index >= 15 is 0 Å². The summed E-state index contributed by atoms with van der Waals surface area (Å²) in [5.74, 6) is -0.727. The number of hydrogen-bond donors (Lipinski definition) is 2. The molecule has 3 aromatic rings. The standard InChI is InChI=1S/C25H25F2N5O3/c26-17-8-21-20(30-22(33)13-35-21)7-14(17)9-28-16-3-5-31(6-4-16)11-15-12-32-23(34)2-1-19-25(32)24(15)18(27)10-29-19/h1-2,7-8,10,15-16,28H,3-6,9,11-13H2,(H,30,33)/t15-/m1/s1. The summed E-state index contributed by atoms with van der Waals surface area (Å²) in [6.45, 7) is 3.02. The molecule has 1 amide bonds. The third kappa shape index (κ3) is 4.06. The van der Waals surface area contributed by atoms with Crippen molar-refractivity contribution < 1.29 is 18.3 Å². The Morgan fingerprint density at radius 2 is 1.97 bits per heavy atom. The number of ether oxygens (including phenoxy) is 1. The highest BCUT2D eigenvalue weighted by Gasteiger charge is 2.31. The monoisotopic (exact) mass is 481 g/mol. The third-order valence-electron chi connectivity index (χ3n) is 7.23. The van der Waals surface area contributed by atoms with E-state index in [0.29, 0.717) is 53.2 Å². The molecule has 0 unspecified atom stereocenters. The van der Waals surface area contributed by atoms with Crippen molar-refractivity contribution in [1.82, 2.24) is 19.8 Å². The first-order valence-electron chi connectivity index (χ1n) is 11.8. The summed E-state index contributed by atoms with van der Waals surface area (Å²) in [4.78, 5) is 30.3. The molecule has 0 aliphatic carbocycles. The maximum atomic E-state index is 14.7. The van der Waals surface area contributed by atoms with Crippen LogP contribution in [0.3, 0.4) is 0 Å². The molecule has 1 saturated heterocycles. The molecule has 35 heavy (non-hydrogen) atoms. The normalized spacial score (nSPS) is 20.1. The highest BCUT2D eigenvalue weighted by atomic mass is 19.1. The fourth-order valence-electron chi connectivity index (χ4n) is 5.46. The number of piperidine rings is 1. The minimum absolute atomic E-state index is 0.0953. The third-order valence-corrected chi connectivity index (χ3v) is 7.23. The number of pyridine rings is 2. The van der Waals surface area contributed by atoms with Crippen LogP contribution in [0.2, 0.25) is 0 Å². The van der Waals surface area contributed by atoms with Gasteiger partial charge < -0.3 is 24.8 Å². The molecule has 0 spiro atoms. The van der Waals surface area contributed by atoms with Gasteiger partial charge >= 0.3 is 0 Å². The summed E-state index contributed by atoms with van der Waals surface area (Å²) in [5, 5.41) is 6.13. The number of rotatable bonds is 5. The number of amides is 1. The first kappa shape index (κ1) is 22.1. The van der Waals surface area contributed by atoms with E-state index in [9.17, 15) is 18.4 Å². The van der Waals surface area contributed by atoms with Gasteiger partial charge in [-0.05, 0) is 38.1 Å². The summed E-state index contributed by atoms with van der Waals surface area (Å²) in [5.41, 5.74) is 2.69. The number of likely N-dealkylation sites (tertiary alicyclic amines) is 1. The van der Waals surface area contributed by atoms with Crippen molar-refractivity contribution >= 4 is 22.6 Å². The van der Waals surface area contributed by atoms with E-state index in [0.717, 1.165) is 25.9 Å². The minimum atomic E-state index is -0.369. The van der Waals surface area contributed by atoms with Crippen molar-refractivity contribution in [3.63, 3.8) is 0 Å². The number of halogens is 2. The van der Waals surface area contributed by atoms with Crippen LogP contribution in [0.5, 0.6) is 5.75 Å². The van der Waals surface area contributed by atoms with E-state index in [1.54, 1.807) is 16.7 Å². The molecular formula is C25H25F2N5O3. The number of carbonyl (C=O) groups is 1. The fraction of sp³-hybridized carbons (Fsp3) is 0.400. The van der Waals surface area contributed by atoms with Crippen LogP contribution in [-0.4, -0.2) is 52.6 Å². The molecule has 3 aliphatic heterocycles. The van der Waals surface area contributed by atoms with Crippen molar-refractivity contribution in [2.75, 3.05) is 31.6 Å². The van der Waals surface area contributed by atoms with Gasteiger partial charge in [0.25, 0.3) is 11.5 Å². The zero-order chi connectivity index (χ0) is 24.1. The number of aromatic nitrogens is 2. The lowest BCUT2D eigenvalue weighted by Crippen LogP contribution is -2.43. The van der Waals surface area contributed by atoms with Crippen LogP contribution in [-0.2, 0) is 17.9 Å². The average molecular weight is 482 g/mol. The van der Waals surface area contributed by atoms with E-state index in [4.69, 9.17) is 4.74 Å². The number of nitrogens with one attached hydrogen (secondary N) is 2. The van der Waals surface area contributed by atoms with Crippen LogP contribution >= 0.6 is 0 Å². The molecule has 10 heteroatoms. The van der Waals surface area contributed by atoms with Crippen LogP contribution in [0.15, 0.2) is 35.3 Å². The summed E-state index contributed by atoms with van der Waals surface area (Å²) < 4.78 is 36.1. The molecule has 3 aliphatic rings. The Bertz CT molecular complexity index is 1380. The number of benzene rings is 1. The van der Waals surface area contributed by atoms with Crippen molar-refractivity contribution in [2.24, 2.45) is 0 Å². The molecule has 6 rings (SSSR count). The average Bonchev–Trinajstić information content (AvgIpc) is 3.24. The number of carbonyl (C=O) groups excluding carboxylic acids is 1. The lowest BCUT2D eigenvalue weighted by Gasteiger charge is -2.34. The molecule has 0 bridgehead atoms. The zero-order valence-corrected chi connectivity index (χ0v) is 19.0. The molecule has 1 atom stereocenters. The Morgan fingerprint density at radius 1 is 1.14 bits per heavy atom. The molecule has 8 nitrogen and oxygen atoms in total. The highest BCUT2D eigenvalue weighted by Crippen LogP contribution is 2.35. The van der Waals surface area contributed by atoms with Crippen molar-refractivity contribution in [2.45, 2.75) is 37.9 Å². The van der Waals surface area contributed by atoms with Gasteiger partial charge in [-0.2, -0.15) is 0 Å². The molecular weight excluding hydrogens is 456 g/mol. The quantitative estimate of drug-likeness (QED) is 0.582. The summed E-state index contributed by atoms with van der Waals surface area (Å²) in [7, 11) is 0. The van der Waals surface area contributed by atoms with Crippen molar-refractivity contribution in [3.8, 4) is 5.75 Å². The van der Waals surface area contributed by atoms with Gasteiger partial charge in [0.05, 0.1) is 22.9 Å². The first-order valence-corrected chi connectivity index (χ1v) is 11.8. The second kappa shape index (κ2) is 8.69. The Balaban J connectivity index is 1.07. The molecule has 0 radical (unpaired) electrons. The van der Waals surface area contributed by atoms with Crippen LogP contribution < -0.4 is 20.9 Å². The summed E-state index contributed by atoms with van der Waals surface area (Å²) in [6.07, 6.45) is 3.00. The largest absolute Gasteiger partial charge is 0.481 e. The van der Waals surface area contributed by atoms with Gasteiger partial charge in [0, 0.05) is 54.9 Å². The lowest BCUT2D eigenvalue weighted by atomic mass is 9.98. The maximum Gasteiger partial charge on any atom is 0.262 e. The highest BCUT2D eigenvalue weighted by molar-refractivity contribution is 5.95. The minimum Gasteiger partial charge on any atom is -0.481 e. The van der Waals surface area contributed by atoms with Crippen molar-refractivity contribution in [1.29, 1.82) is 0 Å². The molecule has 2 aromatic heterocycles. The van der Waals surface area contributed by atoms with Gasteiger partial charge in [0.2, 0.25) is 0 Å². The van der Waals surface area contributed by atoms with Gasteiger partial charge in [0.1, 0.15) is 17.4 Å². The molecule has 182 valence electrons. The van der Waals surface area contributed by atoms with E-state index in [2.05, 4.69) is 20.5 Å². The van der Waals surface area contributed by atoms with E-state index in [1.165, 1.54) is 18.3 Å². The Hall–Kier alpha value is -3.37. The van der Waals surface area contributed by atoms with Gasteiger partial charge in [-0.1, -0.05) is 0 Å². The number of nitrogens with zero attached hydrogens (tertiary/aromatic N) is 3. The van der Waals surface area contributed by atoms with E-state index in [-0.39, 0.29) is 41.7 Å². The summed E-state index contributed by atoms with van der Waals surface area (Å²) >= 11 is 0. The van der Waals surface area contributed by atoms with Gasteiger partial charge in [0.15, 0.2) is 6.61 Å². The number of fused-ring (bicyclic) bond motifs is 1. The molecule has 0 saturated carbocycles. The zero-order valence-electron chi connectivity index (χ0n) is 19.0. The fourth-order valence-corrected chi connectivity index (χ4v) is 5.46. The molecule has 5 heterocycles. The van der Waals surface area contributed by atoms with Gasteiger partial charge in [-0.3, -0.25) is 14.6 Å². The SMILES string of the molecule is O=C1COc2cc(F)c(CNC3CCN(C[C@@H]4Cn5c(=O)ccc6ncc(F)c4c65)CC3)cc2N1. The van der Waals surface area contributed by atoms with Gasteiger partial charge in [-0.15, -0.1) is 0 Å².